The molecule has 0 bridgehead atoms. The fraction of sp³-hybridized carbons (Fsp3) is 0.222. The minimum Gasteiger partial charge on any atom is -0.481 e. The molecule has 0 spiro atoms. The molecule has 0 unspecified atom stereocenters. The van der Waals surface area contributed by atoms with Crippen LogP contribution in [0.15, 0.2) is 42.0 Å². The summed E-state index contributed by atoms with van der Waals surface area (Å²) >= 11 is 1.49. The number of methoxy groups -OCH3 is 1. The number of pyridine rings is 1. The number of anilines is 1. The van der Waals surface area contributed by atoms with Crippen LogP contribution in [0.4, 0.5) is 5.69 Å². The fourth-order valence-corrected chi connectivity index (χ4v) is 3.69. The molecule has 3 aromatic rings. The summed E-state index contributed by atoms with van der Waals surface area (Å²) in [5.74, 6) is 0.184. The van der Waals surface area contributed by atoms with E-state index in [4.69, 9.17) is 4.74 Å². The number of carbonyl (C=O) groups excluding carboxylic acids is 2. The summed E-state index contributed by atoms with van der Waals surface area (Å²) in [6, 6.07) is 8.90. The van der Waals surface area contributed by atoms with E-state index in [1.54, 1.807) is 39.7 Å². The number of benzene rings is 1. The molecule has 4 rings (SSSR count). The van der Waals surface area contributed by atoms with Gasteiger partial charge < -0.3 is 14.5 Å². The largest absolute Gasteiger partial charge is 0.481 e. The van der Waals surface area contributed by atoms with E-state index in [1.807, 2.05) is 12.1 Å². The zero-order valence-corrected chi connectivity index (χ0v) is 14.9. The van der Waals surface area contributed by atoms with E-state index < -0.39 is 0 Å². The Hall–Kier alpha value is -3.00. The van der Waals surface area contributed by atoms with Crippen molar-refractivity contribution in [3.8, 4) is 5.88 Å². The number of nitrogens with zero attached hydrogens (tertiary/aromatic N) is 4. The number of amides is 2. The molecule has 0 aliphatic carbocycles. The number of aromatic nitrogens is 2. The Morgan fingerprint density at radius 2 is 2.08 bits per heavy atom. The lowest BCUT2D eigenvalue weighted by Crippen LogP contribution is -2.52. The zero-order chi connectivity index (χ0) is 18.1. The summed E-state index contributed by atoms with van der Waals surface area (Å²) in [7, 11) is 1.53. The maximum absolute atomic E-state index is 12.8. The van der Waals surface area contributed by atoms with Gasteiger partial charge in [-0.15, -0.1) is 11.3 Å². The zero-order valence-electron chi connectivity index (χ0n) is 14.1. The van der Waals surface area contributed by atoms with Crippen LogP contribution in [0.25, 0.3) is 10.2 Å². The van der Waals surface area contributed by atoms with Gasteiger partial charge in [-0.1, -0.05) is 0 Å². The lowest BCUT2D eigenvalue weighted by molar-refractivity contribution is -0.120. The normalized spacial score (nSPS) is 14.7. The Kier molecular flexibility index (Phi) is 4.26. The second-order valence-corrected chi connectivity index (χ2v) is 6.75. The van der Waals surface area contributed by atoms with Crippen LogP contribution in [0.5, 0.6) is 5.88 Å². The molecule has 0 N–H and O–H groups in total. The molecule has 7 nitrogen and oxygen atoms in total. The molecular weight excluding hydrogens is 352 g/mol. The summed E-state index contributed by atoms with van der Waals surface area (Å²) in [5, 5.41) is 0. The van der Waals surface area contributed by atoms with Gasteiger partial charge in [0.05, 0.1) is 28.5 Å². The first-order valence-electron chi connectivity index (χ1n) is 8.08. The Morgan fingerprint density at radius 3 is 2.88 bits per heavy atom. The molecule has 1 aliphatic rings. The van der Waals surface area contributed by atoms with Gasteiger partial charge in [0.2, 0.25) is 11.8 Å². The molecule has 0 atom stereocenters. The molecule has 0 radical (unpaired) electrons. The minimum atomic E-state index is -0.138. The lowest BCUT2D eigenvalue weighted by atomic mass is 10.1. The average molecular weight is 368 g/mol. The van der Waals surface area contributed by atoms with Crippen LogP contribution in [0.1, 0.15) is 10.4 Å². The quantitative estimate of drug-likeness (QED) is 0.708. The van der Waals surface area contributed by atoms with Crippen LogP contribution in [0.3, 0.4) is 0 Å². The second kappa shape index (κ2) is 6.72. The van der Waals surface area contributed by atoms with Gasteiger partial charge in [-0.05, 0) is 24.3 Å². The van der Waals surface area contributed by atoms with Gasteiger partial charge in [-0.25, -0.2) is 9.97 Å². The van der Waals surface area contributed by atoms with Crippen LogP contribution in [-0.2, 0) is 4.79 Å². The molecule has 132 valence electrons. The van der Waals surface area contributed by atoms with Gasteiger partial charge in [0.25, 0.3) is 5.91 Å². The second-order valence-electron chi connectivity index (χ2n) is 5.86. The Balaban J connectivity index is 1.50. The van der Waals surface area contributed by atoms with E-state index in [9.17, 15) is 9.59 Å². The molecule has 1 fully saturated rings. The third-order valence-corrected chi connectivity index (χ3v) is 5.12. The third-order valence-electron chi connectivity index (χ3n) is 4.33. The number of hydrogen-bond donors (Lipinski definition) is 0. The summed E-state index contributed by atoms with van der Waals surface area (Å²) in [4.78, 5) is 36.8. The van der Waals surface area contributed by atoms with Crippen molar-refractivity contribution in [2.45, 2.75) is 0 Å². The number of ether oxygens (including phenoxy) is 1. The van der Waals surface area contributed by atoms with E-state index in [0.717, 1.165) is 15.9 Å². The van der Waals surface area contributed by atoms with Crippen molar-refractivity contribution in [1.82, 2.24) is 14.9 Å². The predicted octanol–water partition coefficient (Wildman–Crippen LogP) is 2.19. The summed E-state index contributed by atoms with van der Waals surface area (Å²) in [6.45, 7) is 0.945. The molecule has 3 heterocycles. The van der Waals surface area contributed by atoms with Gasteiger partial charge in [-0.2, -0.15) is 0 Å². The van der Waals surface area contributed by atoms with Gasteiger partial charge >= 0.3 is 0 Å². The van der Waals surface area contributed by atoms with Crippen molar-refractivity contribution in [2.24, 2.45) is 0 Å². The van der Waals surface area contributed by atoms with Crippen molar-refractivity contribution in [3.05, 3.63) is 47.6 Å². The molecule has 1 aromatic carbocycles. The third kappa shape index (κ3) is 2.99. The summed E-state index contributed by atoms with van der Waals surface area (Å²) < 4.78 is 6.07. The summed E-state index contributed by atoms with van der Waals surface area (Å²) in [5.41, 5.74) is 3.93. The van der Waals surface area contributed by atoms with Crippen molar-refractivity contribution >= 4 is 39.1 Å². The molecule has 2 amide bonds. The number of piperazine rings is 1. The SMILES string of the molecule is COc1cc(N2CCN(C(=O)c3ccc4ncsc4c3)CC2=O)ccn1. The van der Waals surface area contributed by atoms with Crippen LogP contribution < -0.4 is 9.64 Å². The maximum Gasteiger partial charge on any atom is 0.254 e. The van der Waals surface area contributed by atoms with Gasteiger partial charge in [-0.3, -0.25) is 9.59 Å². The van der Waals surface area contributed by atoms with E-state index in [1.165, 1.54) is 18.4 Å². The van der Waals surface area contributed by atoms with Crippen molar-refractivity contribution in [3.63, 3.8) is 0 Å². The van der Waals surface area contributed by atoms with E-state index in [-0.39, 0.29) is 18.4 Å². The molecule has 8 heteroatoms. The van der Waals surface area contributed by atoms with E-state index >= 15 is 0 Å². The van der Waals surface area contributed by atoms with E-state index in [2.05, 4.69) is 9.97 Å². The van der Waals surface area contributed by atoms with Gasteiger partial charge in [0, 0.05) is 30.9 Å². The van der Waals surface area contributed by atoms with Crippen LogP contribution >= 0.6 is 11.3 Å². The lowest BCUT2D eigenvalue weighted by Gasteiger charge is -2.34. The van der Waals surface area contributed by atoms with Crippen LogP contribution in [0.2, 0.25) is 0 Å². The molecular formula is C18H16N4O3S. The number of fused-ring (bicyclic) bond motifs is 1. The highest BCUT2D eigenvalue weighted by Gasteiger charge is 2.29. The van der Waals surface area contributed by atoms with Crippen LogP contribution in [0, 0.1) is 0 Å². The highest BCUT2D eigenvalue weighted by atomic mass is 32.1. The Bertz CT molecular complexity index is 987. The Labute approximate surface area is 153 Å². The fourth-order valence-electron chi connectivity index (χ4n) is 2.97. The number of thiazole rings is 1. The number of rotatable bonds is 3. The van der Waals surface area contributed by atoms with Gasteiger partial charge in [0.15, 0.2) is 0 Å². The first-order valence-corrected chi connectivity index (χ1v) is 8.96. The predicted molar refractivity (Wildman–Crippen MR) is 98.7 cm³/mol. The molecule has 2 aromatic heterocycles. The molecule has 1 aliphatic heterocycles. The first kappa shape index (κ1) is 16.5. The van der Waals surface area contributed by atoms with Crippen molar-refractivity contribution in [1.29, 1.82) is 0 Å². The number of carbonyl (C=O) groups is 2. The Morgan fingerprint density at radius 1 is 1.19 bits per heavy atom. The standard InChI is InChI=1S/C18H16N4O3S/c1-25-16-9-13(4-5-19-16)22-7-6-21(10-17(22)23)18(24)12-2-3-14-15(8-12)26-11-20-14/h2-5,8-9,11H,6-7,10H2,1H3. The first-order chi connectivity index (χ1) is 12.7. The topological polar surface area (TPSA) is 75.6 Å². The highest BCUT2D eigenvalue weighted by Crippen LogP contribution is 2.23. The van der Waals surface area contributed by atoms with Crippen LogP contribution in [-0.4, -0.2) is 53.4 Å². The van der Waals surface area contributed by atoms with E-state index in [0.29, 0.717) is 24.5 Å². The highest BCUT2D eigenvalue weighted by molar-refractivity contribution is 7.16. The maximum atomic E-state index is 12.8. The number of hydrogen-bond acceptors (Lipinski definition) is 6. The molecule has 1 saturated heterocycles. The molecule has 0 saturated carbocycles. The molecule has 26 heavy (non-hydrogen) atoms. The average Bonchev–Trinajstić information content (AvgIpc) is 3.15. The minimum absolute atomic E-state index is 0.0458. The van der Waals surface area contributed by atoms with Crippen molar-refractivity contribution < 1.29 is 14.3 Å². The monoisotopic (exact) mass is 368 g/mol. The summed E-state index contributed by atoms with van der Waals surface area (Å²) in [6.07, 6.45) is 1.60. The van der Waals surface area contributed by atoms with Gasteiger partial charge in [0.1, 0.15) is 6.54 Å². The van der Waals surface area contributed by atoms with Crippen molar-refractivity contribution in [2.75, 3.05) is 31.6 Å². The smallest absolute Gasteiger partial charge is 0.254 e.